The van der Waals surface area contributed by atoms with Crippen molar-refractivity contribution in [1.82, 2.24) is 9.97 Å². The van der Waals surface area contributed by atoms with Gasteiger partial charge >= 0.3 is 0 Å². The lowest BCUT2D eigenvalue weighted by molar-refractivity contribution is 0.419. The second-order valence-electron chi connectivity index (χ2n) is 3.99. The normalized spacial score (nSPS) is 10.9. The predicted molar refractivity (Wildman–Crippen MR) is 71.8 cm³/mol. The van der Waals surface area contributed by atoms with Crippen LogP contribution in [0.4, 0.5) is 0 Å². The summed E-state index contributed by atoms with van der Waals surface area (Å²) in [5.74, 6) is 0.767. The van der Waals surface area contributed by atoms with E-state index in [9.17, 15) is 0 Å². The number of hydrogen-bond donors (Lipinski definition) is 0. The van der Waals surface area contributed by atoms with Crippen molar-refractivity contribution in [3.8, 4) is 5.75 Å². The molecule has 0 N–H and O–H groups in total. The summed E-state index contributed by atoms with van der Waals surface area (Å²) < 4.78 is 5.33. The zero-order valence-electron chi connectivity index (χ0n) is 9.77. The molecule has 0 atom stereocenters. The number of methoxy groups -OCH3 is 1. The maximum absolute atomic E-state index is 5.33. The minimum atomic E-state index is 0.767. The van der Waals surface area contributed by atoms with E-state index in [1.165, 1.54) is 0 Å². The first-order valence-corrected chi connectivity index (χ1v) is 5.49. The zero-order valence-corrected chi connectivity index (χ0v) is 9.77. The Labute approximate surface area is 99.9 Å². The minimum Gasteiger partial charge on any atom is -0.494 e. The molecule has 0 aliphatic heterocycles. The molecule has 1 aromatic heterocycles. The van der Waals surface area contributed by atoms with Gasteiger partial charge in [-0.15, -0.1) is 0 Å². The van der Waals surface area contributed by atoms with Crippen LogP contribution in [0.5, 0.6) is 5.75 Å². The molecule has 17 heavy (non-hydrogen) atoms. The van der Waals surface area contributed by atoms with Crippen LogP contribution in [-0.4, -0.2) is 24.9 Å². The first-order valence-electron chi connectivity index (χ1n) is 5.49. The summed E-state index contributed by atoms with van der Waals surface area (Å²) in [5, 5.41) is 0. The Morgan fingerprint density at radius 2 is 1.59 bits per heavy atom. The minimum absolute atomic E-state index is 0.767. The zero-order chi connectivity index (χ0) is 11.8. The number of rotatable bonds is 1. The fourth-order valence-electron chi connectivity index (χ4n) is 1.97. The van der Waals surface area contributed by atoms with Crippen molar-refractivity contribution in [3.05, 3.63) is 36.4 Å². The Kier molecular flexibility index (Phi) is 2.21. The first kappa shape index (κ1) is 10.1. The van der Waals surface area contributed by atoms with Gasteiger partial charge in [0.2, 0.25) is 0 Å². The van der Waals surface area contributed by atoms with Gasteiger partial charge in [-0.3, -0.25) is 0 Å². The monoisotopic (exact) mass is 222 g/mol. The Morgan fingerprint density at radius 1 is 0.941 bits per heavy atom. The molecule has 1 heterocycles. The van der Waals surface area contributed by atoms with Crippen LogP contribution in [0.2, 0.25) is 0 Å². The van der Waals surface area contributed by atoms with Crippen molar-refractivity contribution >= 4 is 35.4 Å². The molecule has 3 nitrogen and oxygen atoms in total. The Morgan fingerprint density at radius 3 is 2.24 bits per heavy atom. The lowest BCUT2D eigenvalue weighted by Crippen LogP contribution is -2.07. The van der Waals surface area contributed by atoms with Gasteiger partial charge < -0.3 is 4.74 Å². The Bertz CT molecular complexity index is 712. The third-order valence-electron chi connectivity index (χ3n) is 2.88. The van der Waals surface area contributed by atoms with Crippen molar-refractivity contribution in [2.75, 3.05) is 7.11 Å². The largest absolute Gasteiger partial charge is 0.494 e. The smallest absolute Gasteiger partial charge is 0.146 e. The molecular weight excluding hydrogens is 211 g/mol. The van der Waals surface area contributed by atoms with E-state index < -0.39 is 0 Å². The highest BCUT2D eigenvalue weighted by Crippen LogP contribution is 2.22. The highest BCUT2D eigenvalue weighted by atomic mass is 16.5. The van der Waals surface area contributed by atoms with Gasteiger partial charge in [0.15, 0.2) is 0 Å². The average Bonchev–Trinajstić information content (AvgIpc) is 2.38. The summed E-state index contributed by atoms with van der Waals surface area (Å²) in [6, 6.07) is 11.8. The average molecular weight is 222 g/mol. The summed E-state index contributed by atoms with van der Waals surface area (Å²) in [4.78, 5) is 9.27. The van der Waals surface area contributed by atoms with Crippen molar-refractivity contribution in [3.63, 3.8) is 0 Å². The predicted octanol–water partition coefficient (Wildman–Crippen LogP) is 1.05. The summed E-state index contributed by atoms with van der Waals surface area (Å²) in [5.41, 5.74) is 4.65. The van der Waals surface area contributed by atoms with Crippen LogP contribution >= 0.6 is 0 Å². The van der Waals surface area contributed by atoms with Gasteiger partial charge in [-0.2, -0.15) is 0 Å². The molecule has 0 aliphatic carbocycles. The van der Waals surface area contributed by atoms with Gasteiger partial charge in [-0.1, -0.05) is 23.7 Å². The van der Waals surface area contributed by atoms with Gasteiger partial charge in [0.05, 0.1) is 23.7 Å². The standard InChI is InChI=1S/C13H11BN2O/c1-17-11-7-6-8(14)12-13(11)16-10-5-3-2-4-9(10)15-12/h2-7H,14H2,1H3. The van der Waals surface area contributed by atoms with E-state index in [-0.39, 0.29) is 0 Å². The molecule has 0 unspecified atom stereocenters. The van der Waals surface area contributed by atoms with Gasteiger partial charge in [-0.25, -0.2) is 9.97 Å². The van der Waals surface area contributed by atoms with Gasteiger partial charge in [0.1, 0.15) is 19.1 Å². The molecule has 3 aromatic rings. The summed E-state index contributed by atoms with van der Waals surface area (Å²) in [6.45, 7) is 0. The highest BCUT2D eigenvalue weighted by Gasteiger charge is 2.08. The van der Waals surface area contributed by atoms with Crippen molar-refractivity contribution in [2.24, 2.45) is 0 Å². The van der Waals surface area contributed by atoms with Crippen LogP contribution in [0, 0.1) is 0 Å². The van der Waals surface area contributed by atoms with Gasteiger partial charge in [0.25, 0.3) is 0 Å². The lowest BCUT2D eigenvalue weighted by Gasteiger charge is -2.07. The fourth-order valence-corrected chi connectivity index (χ4v) is 1.97. The summed E-state index contributed by atoms with van der Waals surface area (Å²) in [6.07, 6.45) is 0. The molecule has 0 fully saturated rings. The lowest BCUT2D eigenvalue weighted by atomic mass is 9.94. The number of aromatic nitrogens is 2. The first-order chi connectivity index (χ1) is 8.29. The molecule has 2 aromatic carbocycles. The van der Waals surface area contributed by atoms with Crippen molar-refractivity contribution < 1.29 is 4.74 Å². The van der Waals surface area contributed by atoms with E-state index in [0.29, 0.717) is 0 Å². The second-order valence-corrected chi connectivity index (χ2v) is 3.99. The molecule has 0 saturated heterocycles. The topological polar surface area (TPSA) is 35.0 Å². The van der Waals surface area contributed by atoms with E-state index in [0.717, 1.165) is 33.3 Å². The molecule has 4 heteroatoms. The molecule has 0 aliphatic rings. The van der Waals surface area contributed by atoms with E-state index in [4.69, 9.17) is 4.74 Å². The van der Waals surface area contributed by atoms with E-state index in [1.54, 1.807) is 7.11 Å². The summed E-state index contributed by atoms with van der Waals surface area (Å²) in [7, 11) is 3.69. The fraction of sp³-hybridized carbons (Fsp3) is 0.0769. The van der Waals surface area contributed by atoms with Gasteiger partial charge in [-0.05, 0) is 18.2 Å². The number of nitrogens with zero attached hydrogens (tertiary/aromatic N) is 2. The summed E-state index contributed by atoms with van der Waals surface area (Å²) >= 11 is 0. The van der Waals surface area contributed by atoms with E-state index in [1.807, 2.05) is 44.2 Å². The van der Waals surface area contributed by atoms with Crippen molar-refractivity contribution in [1.29, 1.82) is 0 Å². The van der Waals surface area contributed by atoms with E-state index >= 15 is 0 Å². The van der Waals surface area contributed by atoms with E-state index in [2.05, 4.69) is 9.97 Å². The number of fused-ring (bicyclic) bond motifs is 2. The number of para-hydroxylation sites is 2. The second kappa shape index (κ2) is 3.73. The van der Waals surface area contributed by atoms with Crippen LogP contribution in [-0.2, 0) is 0 Å². The molecular formula is C13H11BN2O. The molecule has 0 bridgehead atoms. The number of hydrogen-bond acceptors (Lipinski definition) is 3. The molecule has 3 rings (SSSR count). The highest BCUT2D eigenvalue weighted by molar-refractivity contribution is 6.38. The Balaban J connectivity index is 2.50. The maximum atomic E-state index is 5.33. The maximum Gasteiger partial charge on any atom is 0.146 e. The SMILES string of the molecule is Bc1ccc(OC)c2nc3ccccc3nc12. The third kappa shape index (κ3) is 1.53. The van der Waals surface area contributed by atoms with Crippen LogP contribution in [0.15, 0.2) is 36.4 Å². The molecule has 82 valence electrons. The van der Waals surface area contributed by atoms with Crippen molar-refractivity contribution in [2.45, 2.75) is 0 Å². The van der Waals surface area contributed by atoms with Crippen LogP contribution in [0.1, 0.15) is 0 Å². The number of ether oxygens (including phenoxy) is 1. The van der Waals surface area contributed by atoms with Gasteiger partial charge in [0, 0.05) is 0 Å². The molecule has 0 saturated carbocycles. The van der Waals surface area contributed by atoms with Crippen LogP contribution in [0.3, 0.4) is 0 Å². The molecule has 0 spiro atoms. The number of benzene rings is 2. The quantitative estimate of drug-likeness (QED) is 0.456. The third-order valence-corrected chi connectivity index (χ3v) is 2.88. The molecule has 0 amide bonds. The van der Waals surface area contributed by atoms with Crippen LogP contribution < -0.4 is 10.2 Å². The Hall–Kier alpha value is -2.10. The van der Waals surface area contributed by atoms with Crippen LogP contribution in [0.25, 0.3) is 22.1 Å². The molecule has 0 radical (unpaired) electrons.